The van der Waals surface area contributed by atoms with Crippen molar-refractivity contribution < 1.29 is 9.59 Å². The van der Waals surface area contributed by atoms with Gasteiger partial charge in [0.25, 0.3) is 5.91 Å². The number of nitrogens with one attached hydrogen (secondary N) is 2. The van der Waals surface area contributed by atoms with Gasteiger partial charge in [0.1, 0.15) is 10.9 Å². The Kier molecular flexibility index (Phi) is 4.15. The number of hydrogen-bond donors (Lipinski definition) is 3. The van der Waals surface area contributed by atoms with Crippen LogP contribution in [0.4, 0.5) is 5.69 Å². The van der Waals surface area contributed by atoms with Gasteiger partial charge in [-0.15, -0.1) is 11.3 Å². The van der Waals surface area contributed by atoms with Crippen molar-refractivity contribution >= 4 is 50.5 Å². The number of nitrogen functional groups attached to an aromatic ring is 1. The highest BCUT2D eigenvalue weighted by atomic mass is 35.5. The SMILES string of the molecule is CNC(=O)C(C)NC(=O)c1sc2cc(Cl)ccc2c1N. The molecular weight excluding hydrogens is 298 g/mol. The second kappa shape index (κ2) is 5.68. The van der Waals surface area contributed by atoms with Crippen LogP contribution >= 0.6 is 22.9 Å². The molecule has 5 nitrogen and oxygen atoms in total. The standard InChI is InChI=1S/C13H14ClN3O2S/c1-6(12(18)16-2)17-13(19)11-10(15)8-4-3-7(14)5-9(8)20-11/h3-6H,15H2,1-2H3,(H,16,18)(H,17,19). The summed E-state index contributed by atoms with van der Waals surface area (Å²) in [5, 5.41) is 6.46. The van der Waals surface area contributed by atoms with E-state index < -0.39 is 6.04 Å². The number of fused-ring (bicyclic) bond motifs is 1. The van der Waals surface area contributed by atoms with Crippen LogP contribution in [-0.4, -0.2) is 24.9 Å². The highest BCUT2D eigenvalue weighted by Crippen LogP contribution is 2.35. The topological polar surface area (TPSA) is 84.2 Å². The number of nitrogens with two attached hydrogens (primary N) is 1. The average molecular weight is 312 g/mol. The maximum atomic E-state index is 12.2. The predicted octanol–water partition coefficient (Wildman–Crippen LogP) is 2.00. The van der Waals surface area contributed by atoms with Crippen LogP contribution in [0.1, 0.15) is 16.6 Å². The van der Waals surface area contributed by atoms with Gasteiger partial charge in [-0.25, -0.2) is 0 Å². The number of carbonyl (C=O) groups is 2. The van der Waals surface area contributed by atoms with E-state index in [4.69, 9.17) is 17.3 Å². The first-order valence-electron chi connectivity index (χ1n) is 5.94. The van der Waals surface area contributed by atoms with Crippen molar-refractivity contribution in [1.82, 2.24) is 10.6 Å². The Hall–Kier alpha value is -1.79. The van der Waals surface area contributed by atoms with Gasteiger partial charge in [-0.2, -0.15) is 0 Å². The third kappa shape index (κ3) is 2.71. The summed E-state index contributed by atoms with van der Waals surface area (Å²) in [6, 6.07) is 4.64. The fourth-order valence-electron chi connectivity index (χ4n) is 1.80. The molecule has 0 saturated heterocycles. The molecule has 7 heteroatoms. The molecule has 0 saturated carbocycles. The Morgan fingerprint density at radius 2 is 2.10 bits per heavy atom. The number of rotatable bonds is 3. The molecule has 20 heavy (non-hydrogen) atoms. The molecule has 1 aromatic heterocycles. The van der Waals surface area contributed by atoms with Gasteiger partial charge in [-0.05, 0) is 25.1 Å². The minimum Gasteiger partial charge on any atom is -0.397 e. The van der Waals surface area contributed by atoms with Crippen molar-refractivity contribution in [3.8, 4) is 0 Å². The van der Waals surface area contributed by atoms with Crippen LogP contribution in [-0.2, 0) is 4.79 Å². The van der Waals surface area contributed by atoms with Gasteiger partial charge in [0.2, 0.25) is 5.91 Å². The van der Waals surface area contributed by atoms with Crippen LogP contribution in [0.2, 0.25) is 5.02 Å². The van der Waals surface area contributed by atoms with Gasteiger partial charge in [0.05, 0.1) is 5.69 Å². The molecule has 0 bridgehead atoms. The molecular formula is C13H14ClN3O2S. The lowest BCUT2D eigenvalue weighted by molar-refractivity contribution is -0.122. The quantitative estimate of drug-likeness (QED) is 0.810. The zero-order valence-corrected chi connectivity index (χ0v) is 12.6. The van der Waals surface area contributed by atoms with E-state index in [-0.39, 0.29) is 11.8 Å². The highest BCUT2D eigenvalue weighted by Gasteiger charge is 2.20. The van der Waals surface area contributed by atoms with E-state index in [0.717, 1.165) is 10.1 Å². The first kappa shape index (κ1) is 14.6. The Balaban J connectivity index is 2.31. The van der Waals surface area contributed by atoms with Crippen LogP contribution in [0.15, 0.2) is 18.2 Å². The monoisotopic (exact) mass is 311 g/mol. The van der Waals surface area contributed by atoms with E-state index in [1.165, 1.54) is 18.4 Å². The minimum atomic E-state index is -0.624. The van der Waals surface area contributed by atoms with E-state index in [9.17, 15) is 9.59 Å². The van der Waals surface area contributed by atoms with Crippen molar-refractivity contribution in [3.63, 3.8) is 0 Å². The van der Waals surface area contributed by atoms with E-state index in [1.807, 2.05) is 0 Å². The van der Waals surface area contributed by atoms with Crippen molar-refractivity contribution in [1.29, 1.82) is 0 Å². The van der Waals surface area contributed by atoms with Crippen LogP contribution in [0, 0.1) is 0 Å². The molecule has 2 aromatic rings. The summed E-state index contributed by atoms with van der Waals surface area (Å²) in [4.78, 5) is 24.0. The van der Waals surface area contributed by atoms with Gasteiger partial charge in [0, 0.05) is 22.2 Å². The van der Waals surface area contributed by atoms with E-state index in [2.05, 4.69) is 10.6 Å². The molecule has 0 spiro atoms. The first-order chi connectivity index (χ1) is 9.43. The number of thiophene rings is 1. The lowest BCUT2D eigenvalue weighted by atomic mass is 10.2. The number of anilines is 1. The van der Waals surface area contributed by atoms with E-state index in [1.54, 1.807) is 25.1 Å². The maximum Gasteiger partial charge on any atom is 0.264 e. The Bertz CT molecular complexity index is 684. The third-order valence-electron chi connectivity index (χ3n) is 2.88. The molecule has 4 N–H and O–H groups in total. The Labute approximate surface area is 125 Å². The van der Waals surface area contributed by atoms with Crippen molar-refractivity contribution in [2.24, 2.45) is 0 Å². The highest BCUT2D eigenvalue weighted by molar-refractivity contribution is 7.21. The van der Waals surface area contributed by atoms with Crippen molar-refractivity contribution in [3.05, 3.63) is 28.1 Å². The molecule has 0 radical (unpaired) electrons. The summed E-state index contributed by atoms with van der Waals surface area (Å²) in [7, 11) is 1.51. The van der Waals surface area contributed by atoms with Crippen molar-refractivity contribution in [2.75, 3.05) is 12.8 Å². The molecule has 0 aliphatic heterocycles. The second-order valence-electron chi connectivity index (χ2n) is 4.29. The second-order valence-corrected chi connectivity index (χ2v) is 5.78. The van der Waals surface area contributed by atoms with Gasteiger partial charge in [-0.1, -0.05) is 11.6 Å². The molecule has 1 heterocycles. The van der Waals surface area contributed by atoms with Crippen LogP contribution < -0.4 is 16.4 Å². The minimum absolute atomic E-state index is 0.263. The third-order valence-corrected chi connectivity index (χ3v) is 4.29. The van der Waals surface area contributed by atoms with Crippen molar-refractivity contribution in [2.45, 2.75) is 13.0 Å². The Morgan fingerprint density at radius 3 is 2.75 bits per heavy atom. The average Bonchev–Trinajstić information content (AvgIpc) is 2.74. The molecule has 0 aliphatic carbocycles. The molecule has 1 atom stereocenters. The van der Waals surface area contributed by atoms with E-state index in [0.29, 0.717) is 15.6 Å². The number of halogens is 1. The summed E-state index contributed by atoms with van der Waals surface area (Å²) in [6.45, 7) is 1.61. The zero-order valence-electron chi connectivity index (χ0n) is 11.0. The predicted molar refractivity (Wildman–Crippen MR) is 82.2 cm³/mol. The van der Waals surface area contributed by atoms with Gasteiger partial charge >= 0.3 is 0 Å². The smallest absolute Gasteiger partial charge is 0.264 e. The molecule has 1 unspecified atom stereocenters. The van der Waals surface area contributed by atoms with Crippen LogP contribution in [0.25, 0.3) is 10.1 Å². The summed E-state index contributed by atoms with van der Waals surface area (Å²) in [5.41, 5.74) is 6.39. The fourth-order valence-corrected chi connectivity index (χ4v) is 3.11. The lowest BCUT2D eigenvalue weighted by Gasteiger charge is -2.11. The first-order valence-corrected chi connectivity index (χ1v) is 7.13. The number of likely N-dealkylation sites (N-methyl/N-ethyl adjacent to an activating group) is 1. The van der Waals surface area contributed by atoms with Crippen LogP contribution in [0.5, 0.6) is 0 Å². The lowest BCUT2D eigenvalue weighted by Crippen LogP contribution is -2.43. The molecule has 1 aromatic carbocycles. The summed E-state index contributed by atoms with van der Waals surface area (Å²) in [5.74, 6) is -0.628. The molecule has 0 fully saturated rings. The number of benzene rings is 1. The Morgan fingerprint density at radius 1 is 1.40 bits per heavy atom. The number of hydrogen-bond acceptors (Lipinski definition) is 4. The zero-order chi connectivity index (χ0) is 14.9. The molecule has 0 aliphatic rings. The van der Waals surface area contributed by atoms with Crippen LogP contribution in [0.3, 0.4) is 0 Å². The number of amides is 2. The summed E-state index contributed by atoms with van der Waals surface area (Å²) >= 11 is 7.17. The summed E-state index contributed by atoms with van der Waals surface area (Å²) in [6.07, 6.45) is 0. The molecule has 106 valence electrons. The summed E-state index contributed by atoms with van der Waals surface area (Å²) < 4.78 is 0.841. The molecule has 2 rings (SSSR count). The fraction of sp³-hybridized carbons (Fsp3) is 0.231. The van der Waals surface area contributed by atoms with E-state index >= 15 is 0 Å². The van der Waals surface area contributed by atoms with Gasteiger partial charge in [-0.3, -0.25) is 9.59 Å². The van der Waals surface area contributed by atoms with Gasteiger partial charge < -0.3 is 16.4 Å². The number of carbonyl (C=O) groups excluding carboxylic acids is 2. The maximum absolute atomic E-state index is 12.2. The molecule has 2 amide bonds. The normalized spacial score (nSPS) is 12.2. The largest absolute Gasteiger partial charge is 0.397 e. The van der Waals surface area contributed by atoms with Gasteiger partial charge in [0.15, 0.2) is 0 Å².